The maximum Gasteiger partial charge on any atom is 0.153 e. The summed E-state index contributed by atoms with van der Waals surface area (Å²) < 4.78 is 2.40. The fourth-order valence-electron chi connectivity index (χ4n) is 4.97. The molecule has 3 nitrogen and oxygen atoms in total. The van der Waals surface area contributed by atoms with Gasteiger partial charge in [-0.25, -0.2) is 4.98 Å². The molecule has 2 aromatic heterocycles. The molecule has 0 N–H and O–H groups in total. The molecule has 2 aromatic carbocycles. The molecule has 0 bridgehead atoms. The molecule has 166 valence electrons. The van der Waals surface area contributed by atoms with E-state index < -0.39 is 0 Å². The molecule has 0 amide bonds. The van der Waals surface area contributed by atoms with Crippen molar-refractivity contribution in [3.8, 4) is 0 Å². The van der Waals surface area contributed by atoms with E-state index >= 15 is 0 Å². The minimum atomic E-state index is 0. The molecule has 1 saturated heterocycles. The first-order valence-electron chi connectivity index (χ1n) is 11.1. The van der Waals surface area contributed by atoms with Gasteiger partial charge in [0.1, 0.15) is 0 Å². The molecule has 1 aliphatic heterocycles. The standard InChI is InChI=1S/C27H28ClN3.ClH/c1-19-20(2)31(18-23-11-6-7-13-25(23)28)26-24(19)14-15-29-27(26)30-16-8-12-22(17-30)21-9-4-3-5-10-21;/h3-7,9-11,13-15,22H,8,12,16-18H2,1-2H3;1H. The van der Waals surface area contributed by atoms with Gasteiger partial charge in [0.2, 0.25) is 0 Å². The Kier molecular flexibility index (Phi) is 6.78. The summed E-state index contributed by atoms with van der Waals surface area (Å²) in [6.07, 6.45) is 4.38. The highest BCUT2D eigenvalue weighted by Gasteiger charge is 2.25. The van der Waals surface area contributed by atoms with Gasteiger partial charge in [0, 0.05) is 47.9 Å². The number of anilines is 1. The number of hydrogen-bond donors (Lipinski definition) is 0. The number of pyridine rings is 1. The molecule has 1 unspecified atom stereocenters. The van der Waals surface area contributed by atoms with Crippen molar-refractivity contribution in [1.29, 1.82) is 0 Å². The van der Waals surface area contributed by atoms with Gasteiger partial charge in [0.25, 0.3) is 0 Å². The largest absolute Gasteiger partial charge is 0.354 e. The lowest BCUT2D eigenvalue weighted by Gasteiger charge is -2.34. The van der Waals surface area contributed by atoms with E-state index in [9.17, 15) is 0 Å². The number of hydrogen-bond acceptors (Lipinski definition) is 2. The molecule has 5 rings (SSSR count). The normalized spacial score (nSPS) is 16.2. The first-order chi connectivity index (χ1) is 15.1. The Hall–Kier alpha value is -2.49. The van der Waals surface area contributed by atoms with Gasteiger partial charge >= 0.3 is 0 Å². The van der Waals surface area contributed by atoms with Crippen molar-refractivity contribution in [2.24, 2.45) is 0 Å². The Morgan fingerprint density at radius 3 is 2.53 bits per heavy atom. The van der Waals surface area contributed by atoms with Crippen molar-refractivity contribution in [1.82, 2.24) is 9.55 Å². The van der Waals surface area contributed by atoms with E-state index in [4.69, 9.17) is 16.6 Å². The highest BCUT2D eigenvalue weighted by atomic mass is 35.5. The Morgan fingerprint density at radius 1 is 1.00 bits per heavy atom. The lowest BCUT2D eigenvalue weighted by Crippen LogP contribution is -2.35. The van der Waals surface area contributed by atoms with Crippen molar-refractivity contribution in [2.75, 3.05) is 18.0 Å². The van der Waals surface area contributed by atoms with Crippen LogP contribution in [0.2, 0.25) is 5.02 Å². The van der Waals surface area contributed by atoms with Crippen LogP contribution in [0.5, 0.6) is 0 Å². The molecule has 0 radical (unpaired) electrons. The molecular formula is C27H29Cl2N3. The zero-order valence-corrected chi connectivity index (χ0v) is 20.2. The van der Waals surface area contributed by atoms with E-state index in [1.165, 1.54) is 40.6 Å². The monoisotopic (exact) mass is 465 g/mol. The smallest absolute Gasteiger partial charge is 0.153 e. The lowest BCUT2D eigenvalue weighted by atomic mass is 9.90. The van der Waals surface area contributed by atoms with Gasteiger partial charge in [-0.05, 0) is 55.5 Å². The summed E-state index contributed by atoms with van der Waals surface area (Å²) in [6, 6.07) is 21.2. The van der Waals surface area contributed by atoms with Crippen LogP contribution in [0.1, 0.15) is 41.1 Å². The van der Waals surface area contributed by atoms with Crippen LogP contribution >= 0.6 is 24.0 Å². The van der Waals surface area contributed by atoms with Gasteiger partial charge in [-0.1, -0.05) is 60.1 Å². The topological polar surface area (TPSA) is 21.1 Å². The average Bonchev–Trinajstić information content (AvgIpc) is 3.06. The van der Waals surface area contributed by atoms with Gasteiger partial charge in [0.15, 0.2) is 5.82 Å². The third-order valence-corrected chi connectivity index (χ3v) is 7.17. The van der Waals surface area contributed by atoms with E-state index in [1.807, 2.05) is 18.3 Å². The average molecular weight is 466 g/mol. The first-order valence-corrected chi connectivity index (χ1v) is 11.5. The second kappa shape index (κ2) is 9.56. The third kappa shape index (κ3) is 4.12. The summed E-state index contributed by atoms with van der Waals surface area (Å²) in [4.78, 5) is 7.40. The molecule has 4 aromatic rings. The van der Waals surface area contributed by atoms with Crippen molar-refractivity contribution < 1.29 is 0 Å². The number of aromatic nitrogens is 2. The molecule has 0 spiro atoms. The third-order valence-electron chi connectivity index (χ3n) is 6.80. The van der Waals surface area contributed by atoms with Crippen LogP contribution in [0, 0.1) is 13.8 Å². The molecule has 1 aliphatic rings. The Bertz CT molecular complexity index is 1220. The van der Waals surface area contributed by atoms with E-state index in [2.05, 4.69) is 71.8 Å². The number of halogens is 2. The predicted octanol–water partition coefficient (Wildman–Crippen LogP) is 7.16. The van der Waals surface area contributed by atoms with Crippen molar-refractivity contribution in [3.05, 3.63) is 94.3 Å². The maximum absolute atomic E-state index is 6.52. The minimum Gasteiger partial charge on any atom is -0.354 e. The van der Waals surface area contributed by atoms with Crippen molar-refractivity contribution >= 4 is 40.7 Å². The number of nitrogens with zero attached hydrogens (tertiary/aromatic N) is 3. The van der Waals surface area contributed by atoms with Gasteiger partial charge in [-0.2, -0.15) is 0 Å². The van der Waals surface area contributed by atoms with Crippen LogP contribution < -0.4 is 4.90 Å². The highest BCUT2D eigenvalue weighted by molar-refractivity contribution is 6.31. The van der Waals surface area contributed by atoms with Crippen LogP contribution in [-0.2, 0) is 6.54 Å². The Labute approximate surface area is 201 Å². The van der Waals surface area contributed by atoms with E-state index in [1.54, 1.807) is 0 Å². The molecule has 1 fully saturated rings. The minimum absolute atomic E-state index is 0. The first kappa shape index (κ1) is 22.7. The van der Waals surface area contributed by atoms with Crippen LogP contribution in [-0.4, -0.2) is 22.6 Å². The quantitative estimate of drug-likeness (QED) is 0.318. The molecular weight excluding hydrogens is 437 g/mol. The molecule has 32 heavy (non-hydrogen) atoms. The number of aryl methyl sites for hydroxylation is 1. The summed E-state index contributed by atoms with van der Waals surface area (Å²) in [6.45, 7) is 7.23. The second-order valence-electron chi connectivity index (χ2n) is 8.61. The molecule has 0 saturated carbocycles. The number of benzene rings is 2. The van der Waals surface area contributed by atoms with Crippen LogP contribution in [0.15, 0.2) is 66.9 Å². The lowest BCUT2D eigenvalue weighted by molar-refractivity contribution is 0.507. The fraction of sp³-hybridized carbons (Fsp3) is 0.296. The van der Waals surface area contributed by atoms with Gasteiger partial charge in [0.05, 0.1) is 5.52 Å². The summed E-state index contributed by atoms with van der Waals surface area (Å²) >= 11 is 6.52. The van der Waals surface area contributed by atoms with E-state index in [0.29, 0.717) is 5.92 Å². The zero-order valence-electron chi connectivity index (χ0n) is 18.6. The van der Waals surface area contributed by atoms with Crippen LogP contribution in [0.25, 0.3) is 10.9 Å². The number of fused-ring (bicyclic) bond motifs is 1. The number of rotatable bonds is 4. The number of piperidine rings is 1. The second-order valence-corrected chi connectivity index (χ2v) is 9.02. The van der Waals surface area contributed by atoms with Gasteiger partial charge < -0.3 is 9.47 Å². The van der Waals surface area contributed by atoms with Crippen molar-refractivity contribution in [2.45, 2.75) is 39.2 Å². The van der Waals surface area contributed by atoms with Crippen molar-refractivity contribution in [3.63, 3.8) is 0 Å². The summed E-state index contributed by atoms with van der Waals surface area (Å²) in [5.41, 5.74) is 6.40. The van der Waals surface area contributed by atoms with Crippen LogP contribution in [0.4, 0.5) is 5.82 Å². The maximum atomic E-state index is 6.52. The SMILES string of the molecule is Cc1c(C)n(Cc2ccccc2Cl)c2c(N3CCCC(c4ccccc4)C3)nccc12.Cl. The molecule has 1 atom stereocenters. The molecule has 0 aliphatic carbocycles. The zero-order chi connectivity index (χ0) is 21.4. The highest BCUT2D eigenvalue weighted by Crippen LogP contribution is 2.36. The summed E-state index contributed by atoms with van der Waals surface area (Å²) in [7, 11) is 0. The predicted molar refractivity (Wildman–Crippen MR) is 138 cm³/mol. The van der Waals surface area contributed by atoms with E-state index in [-0.39, 0.29) is 12.4 Å². The van der Waals surface area contributed by atoms with Gasteiger partial charge in [-0.15, -0.1) is 12.4 Å². The Balaban J connectivity index is 0.00000245. The van der Waals surface area contributed by atoms with Crippen LogP contribution in [0.3, 0.4) is 0 Å². The Morgan fingerprint density at radius 2 is 1.75 bits per heavy atom. The van der Waals surface area contributed by atoms with Gasteiger partial charge in [-0.3, -0.25) is 0 Å². The molecule has 5 heteroatoms. The van der Waals surface area contributed by atoms with E-state index in [0.717, 1.165) is 36.0 Å². The fourth-order valence-corrected chi connectivity index (χ4v) is 5.17. The summed E-state index contributed by atoms with van der Waals surface area (Å²) in [5, 5.41) is 2.10. The summed E-state index contributed by atoms with van der Waals surface area (Å²) in [5.74, 6) is 1.64. The molecule has 3 heterocycles.